The predicted octanol–water partition coefficient (Wildman–Crippen LogP) is 0.120. The molecule has 0 spiro atoms. The van der Waals surface area contributed by atoms with Crippen LogP contribution in [0.25, 0.3) is 0 Å². The summed E-state index contributed by atoms with van der Waals surface area (Å²) in [4.78, 5) is 30.8. The molecule has 3 N–H and O–H groups in total. The van der Waals surface area contributed by atoms with Crippen molar-refractivity contribution in [3.05, 3.63) is 47.5 Å². The van der Waals surface area contributed by atoms with E-state index in [4.69, 9.17) is 0 Å². The highest BCUT2D eigenvalue weighted by molar-refractivity contribution is 5.88. The van der Waals surface area contributed by atoms with Crippen molar-refractivity contribution >= 4 is 11.8 Å². The number of nitrogens with one attached hydrogen (secondary N) is 3. The maximum atomic E-state index is 12.3. The zero-order chi connectivity index (χ0) is 17.6. The number of hydrogen-bond acceptors (Lipinski definition) is 5. The summed E-state index contributed by atoms with van der Waals surface area (Å²) in [6.45, 7) is 4.07. The Morgan fingerprint density at radius 3 is 3.00 bits per heavy atom. The SMILES string of the molecule is Cc1cc(CNC(=O)C[C@H]2C(=O)NCCN2Cc2ccccn2)n[nH]1. The Hall–Kier alpha value is -2.74. The number of aromatic nitrogens is 3. The van der Waals surface area contributed by atoms with E-state index in [0.29, 0.717) is 26.2 Å². The van der Waals surface area contributed by atoms with E-state index < -0.39 is 6.04 Å². The van der Waals surface area contributed by atoms with Gasteiger partial charge in [-0.05, 0) is 25.1 Å². The zero-order valence-corrected chi connectivity index (χ0v) is 14.2. The molecular weight excluding hydrogens is 320 g/mol. The summed E-state index contributed by atoms with van der Waals surface area (Å²) < 4.78 is 0. The number of H-pyrrole nitrogens is 1. The molecule has 0 aliphatic carbocycles. The highest BCUT2D eigenvalue weighted by Crippen LogP contribution is 2.13. The highest BCUT2D eigenvalue weighted by atomic mass is 16.2. The topological polar surface area (TPSA) is 103 Å². The van der Waals surface area contributed by atoms with E-state index in [0.717, 1.165) is 17.1 Å². The molecular formula is C17H22N6O2. The molecule has 1 aliphatic rings. The first-order valence-electron chi connectivity index (χ1n) is 8.31. The van der Waals surface area contributed by atoms with Crippen molar-refractivity contribution in [2.24, 2.45) is 0 Å². The third-order valence-corrected chi connectivity index (χ3v) is 4.14. The Labute approximate surface area is 146 Å². The van der Waals surface area contributed by atoms with E-state index in [1.165, 1.54) is 0 Å². The van der Waals surface area contributed by atoms with Crippen molar-refractivity contribution in [3.63, 3.8) is 0 Å². The average molecular weight is 342 g/mol. The number of carbonyl (C=O) groups excluding carboxylic acids is 2. The number of hydrogen-bond donors (Lipinski definition) is 3. The molecule has 0 bridgehead atoms. The van der Waals surface area contributed by atoms with Gasteiger partial charge in [0.2, 0.25) is 11.8 Å². The first kappa shape index (κ1) is 17.1. The summed E-state index contributed by atoms with van der Waals surface area (Å²) in [5, 5.41) is 12.6. The van der Waals surface area contributed by atoms with Gasteiger partial charge in [0.25, 0.3) is 0 Å². The van der Waals surface area contributed by atoms with E-state index in [1.54, 1.807) is 6.20 Å². The summed E-state index contributed by atoms with van der Waals surface area (Å²) in [6.07, 6.45) is 1.84. The van der Waals surface area contributed by atoms with Crippen LogP contribution >= 0.6 is 0 Å². The van der Waals surface area contributed by atoms with Gasteiger partial charge in [0.1, 0.15) is 0 Å². The first-order valence-corrected chi connectivity index (χ1v) is 8.31. The van der Waals surface area contributed by atoms with Crippen molar-refractivity contribution in [1.29, 1.82) is 0 Å². The van der Waals surface area contributed by atoms with Crippen LogP contribution in [0.2, 0.25) is 0 Å². The number of nitrogens with zero attached hydrogens (tertiary/aromatic N) is 3. The lowest BCUT2D eigenvalue weighted by atomic mass is 10.1. The number of rotatable bonds is 6. The maximum absolute atomic E-state index is 12.3. The van der Waals surface area contributed by atoms with Crippen molar-refractivity contribution < 1.29 is 9.59 Å². The van der Waals surface area contributed by atoms with Gasteiger partial charge in [-0.15, -0.1) is 0 Å². The van der Waals surface area contributed by atoms with Crippen molar-refractivity contribution in [2.75, 3.05) is 13.1 Å². The molecule has 2 aromatic heterocycles. The lowest BCUT2D eigenvalue weighted by molar-refractivity contribution is -0.134. The normalized spacial score (nSPS) is 18.0. The van der Waals surface area contributed by atoms with Crippen LogP contribution in [0.3, 0.4) is 0 Å². The lowest BCUT2D eigenvalue weighted by Crippen LogP contribution is -2.56. The molecule has 0 aromatic carbocycles. The summed E-state index contributed by atoms with van der Waals surface area (Å²) in [6, 6.07) is 7.08. The van der Waals surface area contributed by atoms with Gasteiger partial charge in [0, 0.05) is 31.5 Å². The monoisotopic (exact) mass is 342 g/mol. The molecule has 8 nitrogen and oxygen atoms in total. The van der Waals surface area contributed by atoms with Gasteiger partial charge in [0.05, 0.1) is 30.4 Å². The molecule has 1 fully saturated rings. The summed E-state index contributed by atoms with van der Waals surface area (Å²) >= 11 is 0. The molecule has 3 rings (SSSR count). The van der Waals surface area contributed by atoms with Crippen molar-refractivity contribution in [2.45, 2.75) is 32.5 Å². The lowest BCUT2D eigenvalue weighted by Gasteiger charge is -2.34. The van der Waals surface area contributed by atoms with E-state index in [1.807, 2.05) is 36.1 Å². The van der Waals surface area contributed by atoms with Crippen LogP contribution in [-0.4, -0.2) is 51.0 Å². The predicted molar refractivity (Wildman–Crippen MR) is 91.2 cm³/mol. The fourth-order valence-corrected chi connectivity index (χ4v) is 2.87. The Morgan fingerprint density at radius 2 is 2.28 bits per heavy atom. The smallest absolute Gasteiger partial charge is 0.237 e. The second kappa shape index (κ2) is 7.89. The van der Waals surface area contributed by atoms with E-state index in [-0.39, 0.29) is 18.2 Å². The third-order valence-electron chi connectivity index (χ3n) is 4.14. The van der Waals surface area contributed by atoms with Crippen LogP contribution in [0, 0.1) is 6.92 Å². The van der Waals surface area contributed by atoms with E-state index >= 15 is 0 Å². The zero-order valence-electron chi connectivity index (χ0n) is 14.2. The largest absolute Gasteiger partial charge is 0.353 e. The highest BCUT2D eigenvalue weighted by Gasteiger charge is 2.31. The Balaban J connectivity index is 1.58. The minimum Gasteiger partial charge on any atom is -0.353 e. The van der Waals surface area contributed by atoms with Gasteiger partial charge >= 0.3 is 0 Å². The van der Waals surface area contributed by atoms with Gasteiger partial charge in [-0.2, -0.15) is 5.10 Å². The second-order valence-electron chi connectivity index (χ2n) is 6.12. The molecule has 8 heteroatoms. The summed E-state index contributed by atoms with van der Waals surface area (Å²) in [5.41, 5.74) is 2.59. The van der Waals surface area contributed by atoms with Crippen LogP contribution in [0.1, 0.15) is 23.5 Å². The van der Waals surface area contributed by atoms with Crippen LogP contribution in [0.4, 0.5) is 0 Å². The van der Waals surface area contributed by atoms with Crippen molar-refractivity contribution in [3.8, 4) is 0 Å². The quantitative estimate of drug-likeness (QED) is 0.692. The number of aryl methyl sites for hydroxylation is 1. The van der Waals surface area contributed by atoms with E-state index in [2.05, 4.69) is 25.8 Å². The summed E-state index contributed by atoms with van der Waals surface area (Å²) in [5.74, 6) is -0.290. The molecule has 1 atom stereocenters. The minimum absolute atomic E-state index is 0.113. The Bertz CT molecular complexity index is 730. The molecule has 1 aliphatic heterocycles. The number of aromatic amines is 1. The standard InChI is InChI=1S/C17H22N6O2/c1-12-8-14(22-21-12)10-20-16(24)9-15-17(25)19-6-7-23(15)11-13-4-2-3-5-18-13/h2-5,8,15H,6-7,9-11H2,1H3,(H,19,25)(H,20,24)(H,21,22)/t15-/m0/s1. The fourth-order valence-electron chi connectivity index (χ4n) is 2.87. The molecule has 25 heavy (non-hydrogen) atoms. The van der Waals surface area contributed by atoms with Gasteiger partial charge in [-0.1, -0.05) is 6.07 Å². The van der Waals surface area contributed by atoms with Crippen molar-refractivity contribution in [1.82, 2.24) is 30.7 Å². The minimum atomic E-state index is -0.489. The number of pyridine rings is 1. The van der Waals surface area contributed by atoms with E-state index in [9.17, 15) is 9.59 Å². The molecule has 3 heterocycles. The van der Waals surface area contributed by atoms with Crippen LogP contribution in [0.15, 0.2) is 30.5 Å². The fraction of sp³-hybridized carbons (Fsp3) is 0.412. The first-order chi connectivity index (χ1) is 12.1. The van der Waals surface area contributed by atoms with Crippen LogP contribution in [-0.2, 0) is 22.7 Å². The van der Waals surface area contributed by atoms with Gasteiger partial charge in [-0.3, -0.25) is 24.6 Å². The number of carbonyl (C=O) groups is 2. The van der Waals surface area contributed by atoms with Gasteiger partial charge in [0.15, 0.2) is 0 Å². The van der Waals surface area contributed by atoms with Gasteiger partial charge < -0.3 is 10.6 Å². The molecule has 132 valence electrons. The third kappa shape index (κ3) is 4.63. The molecule has 0 saturated carbocycles. The Morgan fingerprint density at radius 1 is 1.40 bits per heavy atom. The van der Waals surface area contributed by atoms with Crippen LogP contribution in [0.5, 0.6) is 0 Å². The molecule has 2 amide bonds. The maximum Gasteiger partial charge on any atom is 0.237 e. The Kier molecular flexibility index (Phi) is 5.39. The molecule has 0 radical (unpaired) electrons. The van der Waals surface area contributed by atoms with Gasteiger partial charge in [-0.25, -0.2) is 0 Å². The molecule has 2 aromatic rings. The average Bonchev–Trinajstić information content (AvgIpc) is 3.02. The molecule has 0 unspecified atom stereocenters. The number of piperazine rings is 1. The summed E-state index contributed by atoms with van der Waals surface area (Å²) in [7, 11) is 0. The molecule has 1 saturated heterocycles. The van der Waals surface area contributed by atoms with Crippen LogP contribution < -0.4 is 10.6 Å². The second-order valence-corrected chi connectivity index (χ2v) is 6.12. The number of amides is 2.